The first-order chi connectivity index (χ1) is 15.1. The molecule has 2 aliphatic heterocycles. The molecular formula is C23H27N5O. The first kappa shape index (κ1) is 14.8. The molecule has 0 saturated heterocycles. The Kier molecular flexibility index (Phi) is 3.15. The minimum Gasteiger partial charge on any atom is -0.435 e. The van der Waals surface area contributed by atoms with E-state index in [4.69, 9.17) is 8.53 Å². The number of hydrogen-bond acceptors (Lipinski definition) is 6. The fraction of sp³-hybridized carbons (Fsp3) is 0.348. The lowest BCUT2D eigenvalue weighted by Gasteiger charge is -2.32. The van der Waals surface area contributed by atoms with Gasteiger partial charge < -0.3 is 24.0 Å². The Morgan fingerprint density at radius 3 is 2.38 bits per heavy atom. The number of rotatable bonds is 2. The summed E-state index contributed by atoms with van der Waals surface area (Å²) in [7, 11) is 2.05. The molecule has 5 rings (SSSR count). The highest BCUT2D eigenvalue weighted by atomic mass is 16.3. The van der Waals surface area contributed by atoms with E-state index >= 15 is 0 Å². The number of pyridine rings is 1. The molecule has 150 valence electrons. The summed E-state index contributed by atoms with van der Waals surface area (Å²) in [6.45, 7) is 5.82. The molecule has 0 unspecified atom stereocenters. The van der Waals surface area contributed by atoms with Crippen LogP contribution < -0.4 is 9.80 Å². The zero-order valence-corrected chi connectivity index (χ0v) is 17.3. The molecule has 6 heteroatoms. The fourth-order valence-electron chi connectivity index (χ4n) is 4.22. The molecule has 29 heavy (non-hydrogen) atoms. The molecule has 0 spiro atoms. The van der Waals surface area contributed by atoms with Crippen LogP contribution in [-0.2, 0) is 0 Å². The van der Waals surface area contributed by atoms with Gasteiger partial charge in [0.15, 0.2) is 5.58 Å². The van der Waals surface area contributed by atoms with Gasteiger partial charge in [-0.05, 0) is 45.9 Å². The minimum absolute atomic E-state index is 0.156. The van der Waals surface area contributed by atoms with E-state index in [2.05, 4.69) is 54.1 Å². The van der Waals surface area contributed by atoms with Crippen LogP contribution in [0.4, 0.5) is 11.4 Å². The third kappa shape index (κ3) is 2.51. The lowest BCUT2D eigenvalue weighted by molar-refractivity contribution is 0.381. The molecule has 2 atom stereocenters. The SMILES string of the molecule is [2H]C([2H])([2H])N1C=CN(c2c(C)c(N3C=CN(C)[C@H]3C)cc3c2oc2nc(C)ccc23)[C@H]1C. The van der Waals surface area contributed by atoms with Crippen molar-refractivity contribution in [2.75, 3.05) is 23.8 Å². The third-order valence-corrected chi connectivity index (χ3v) is 6.15. The third-order valence-electron chi connectivity index (χ3n) is 6.15. The fourth-order valence-corrected chi connectivity index (χ4v) is 4.22. The number of aryl methyl sites for hydroxylation is 1. The lowest BCUT2D eigenvalue weighted by atomic mass is 10.0. The largest absolute Gasteiger partial charge is 0.435 e. The van der Waals surface area contributed by atoms with Crippen LogP contribution >= 0.6 is 0 Å². The molecule has 0 bridgehead atoms. The molecule has 2 aromatic heterocycles. The normalized spacial score (nSPS) is 23.6. The molecule has 2 aliphatic rings. The first-order valence-corrected chi connectivity index (χ1v) is 9.85. The first-order valence-electron chi connectivity index (χ1n) is 11.3. The zero-order chi connectivity index (χ0) is 22.9. The van der Waals surface area contributed by atoms with Gasteiger partial charge in [-0.2, -0.15) is 0 Å². The van der Waals surface area contributed by atoms with Crippen molar-refractivity contribution in [2.45, 2.75) is 40.0 Å². The average molecular weight is 393 g/mol. The Morgan fingerprint density at radius 2 is 1.69 bits per heavy atom. The molecule has 0 amide bonds. The van der Waals surface area contributed by atoms with Gasteiger partial charge >= 0.3 is 0 Å². The van der Waals surface area contributed by atoms with Crippen molar-refractivity contribution < 1.29 is 8.53 Å². The number of fused-ring (bicyclic) bond motifs is 3. The Morgan fingerprint density at radius 1 is 0.966 bits per heavy atom. The summed E-state index contributed by atoms with van der Waals surface area (Å²) in [5.74, 6) is 0. The van der Waals surface area contributed by atoms with Crippen molar-refractivity contribution in [3.8, 4) is 0 Å². The van der Waals surface area contributed by atoms with Gasteiger partial charge in [0, 0.05) is 70.7 Å². The Labute approximate surface area is 175 Å². The molecule has 0 fully saturated rings. The van der Waals surface area contributed by atoms with Gasteiger partial charge in [0.1, 0.15) is 12.3 Å². The smallest absolute Gasteiger partial charge is 0.227 e. The summed E-state index contributed by atoms with van der Waals surface area (Å²) in [5.41, 5.74) is 5.12. The van der Waals surface area contributed by atoms with E-state index in [1.165, 1.54) is 4.90 Å². The molecular weight excluding hydrogens is 362 g/mol. The van der Waals surface area contributed by atoms with E-state index in [9.17, 15) is 0 Å². The second-order valence-corrected chi connectivity index (χ2v) is 7.90. The Bertz CT molecular complexity index is 1280. The van der Waals surface area contributed by atoms with Crippen molar-refractivity contribution >= 4 is 33.4 Å². The number of aromatic nitrogens is 1. The van der Waals surface area contributed by atoms with Gasteiger partial charge in [0.2, 0.25) is 5.71 Å². The summed E-state index contributed by atoms with van der Waals surface area (Å²) in [6.07, 6.45) is 7.35. The number of anilines is 2. The summed E-state index contributed by atoms with van der Waals surface area (Å²) < 4.78 is 30.0. The maximum atomic E-state index is 7.89. The van der Waals surface area contributed by atoms with Gasteiger partial charge in [-0.25, -0.2) is 4.98 Å². The van der Waals surface area contributed by atoms with Crippen LogP contribution in [0.25, 0.3) is 22.1 Å². The predicted octanol–water partition coefficient (Wildman–Crippen LogP) is 4.74. The Hall–Kier alpha value is -3.15. The maximum absolute atomic E-state index is 7.89. The summed E-state index contributed by atoms with van der Waals surface area (Å²) >= 11 is 0. The number of nitrogens with zero attached hydrogens (tertiary/aromatic N) is 5. The highest BCUT2D eigenvalue weighted by Gasteiger charge is 2.30. The summed E-state index contributed by atoms with van der Waals surface area (Å²) in [6, 6.07) is 6.18. The van der Waals surface area contributed by atoms with Crippen LogP contribution in [0.1, 0.15) is 29.2 Å². The molecule has 0 saturated carbocycles. The standard InChI is InChI=1S/C23H27N5O/c1-14-7-8-18-19-13-20(27-11-9-25(5)16(27)3)15(2)21(22(19)29-23(18)24-14)28-12-10-26(6)17(28)4/h7-13,16-17H,1-6H3/t16-,17+/m1/s1/i6D3. The molecule has 6 nitrogen and oxygen atoms in total. The summed E-state index contributed by atoms with van der Waals surface area (Å²) in [4.78, 5) is 12.3. The second-order valence-electron chi connectivity index (χ2n) is 7.90. The molecule has 1 aromatic carbocycles. The number of hydrogen-bond donors (Lipinski definition) is 0. The van der Waals surface area contributed by atoms with Gasteiger partial charge in [0.05, 0.1) is 5.69 Å². The van der Waals surface area contributed by atoms with E-state index in [1.807, 2.05) is 37.1 Å². The predicted molar refractivity (Wildman–Crippen MR) is 119 cm³/mol. The van der Waals surface area contributed by atoms with Gasteiger partial charge in [0.25, 0.3) is 0 Å². The van der Waals surface area contributed by atoms with Crippen molar-refractivity contribution in [3.63, 3.8) is 0 Å². The zero-order valence-electron chi connectivity index (χ0n) is 20.3. The lowest BCUT2D eigenvalue weighted by Crippen LogP contribution is -2.35. The molecule has 0 N–H and O–H groups in total. The topological polar surface area (TPSA) is 39.0 Å². The quantitative estimate of drug-likeness (QED) is 0.627. The van der Waals surface area contributed by atoms with Crippen LogP contribution in [0, 0.1) is 13.8 Å². The monoisotopic (exact) mass is 392 g/mol. The summed E-state index contributed by atoms with van der Waals surface area (Å²) in [5, 5.41) is 1.91. The molecule has 0 radical (unpaired) electrons. The number of furan rings is 1. The van der Waals surface area contributed by atoms with Crippen molar-refractivity contribution in [1.82, 2.24) is 14.8 Å². The van der Waals surface area contributed by atoms with Crippen LogP contribution in [0.15, 0.2) is 47.4 Å². The molecule has 3 aromatic rings. The van der Waals surface area contributed by atoms with E-state index in [0.717, 1.165) is 33.4 Å². The van der Waals surface area contributed by atoms with E-state index in [1.54, 1.807) is 6.20 Å². The minimum atomic E-state index is -2.23. The van der Waals surface area contributed by atoms with Crippen LogP contribution in [0.3, 0.4) is 0 Å². The van der Waals surface area contributed by atoms with Gasteiger partial charge in [-0.1, -0.05) is 0 Å². The maximum Gasteiger partial charge on any atom is 0.227 e. The van der Waals surface area contributed by atoms with Gasteiger partial charge in [-0.15, -0.1) is 0 Å². The number of benzene rings is 1. The average Bonchev–Trinajstić information content (AvgIpc) is 3.37. The van der Waals surface area contributed by atoms with Crippen LogP contribution in [0.5, 0.6) is 0 Å². The van der Waals surface area contributed by atoms with E-state index in [-0.39, 0.29) is 6.17 Å². The second kappa shape index (κ2) is 6.17. The van der Waals surface area contributed by atoms with Gasteiger partial charge in [-0.3, -0.25) is 0 Å². The van der Waals surface area contributed by atoms with E-state index in [0.29, 0.717) is 11.3 Å². The molecule has 0 aliphatic carbocycles. The molecule has 4 heterocycles. The van der Waals surface area contributed by atoms with Crippen molar-refractivity contribution in [2.24, 2.45) is 0 Å². The Balaban J connectivity index is 1.77. The van der Waals surface area contributed by atoms with E-state index < -0.39 is 13.1 Å². The van der Waals surface area contributed by atoms with Crippen LogP contribution in [-0.4, -0.2) is 41.1 Å². The highest BCUT2D eigenvalue weighted by molar-refractivity contribution is 6.11. The van der Waals surface area contributed by atoms with Crippen molar-refractivity contribution in [1.29, 1.82) is 0 Å². The van der Waals surface area contributed by atoms with Crippen LogP contribution in [0.2, 0.25) is 0 Å². The van der Waals surface area contributed by atoms with Crippen molar-refractivity contribution in [3.05, 3.63) is 54.3 Å². The highest BCUT2D eigenvalue weighted by Crippen LogP contribution is 2.44.